The van der Waals surface area contributed by atoms with E-state index in [4.69, 9.17) is 4.42 Å². The van der Waals surface area contributed by atoms with Crippen LogP contribution in [0.2, 0.25) is 0 Å². The molecule has 0 atom stereocenters. The molecule has 3 rings (SSSR count). The van der Waals surface area contributed by atoms with E-state index in [1.807, 2.05) is 42.5 Å². The molecule has 1 aliphatic heterocycles. The average Bonchev–Trinajstić information content (AvgIpc) is 2.52. The number of hydrogen-bond donors (Lipinski definition) is 0. The van der Waals surface area contributed by atoms with Gasteiger partial charge in [0.05, 0.1) is 5.56 Å². The Bertz CT molecular complexity index is 829. The molecule has 0 aromatic heterocycles. The molecule has 2 heteroatoms. The smallest absolute Gasteiger partial charge is 0.211 e. The van der Waals surface area contributed by atoms with E-state index in [1.165, 1.54) is 0 Å². The highest BCUT2D eigenvalue weighted by Crippen LogP contribution is 2.24. The minimum absolute atomic E-state index is 0.776. The molecule has 0 radical (unpaired) electrons. The standard InChI is InChI=1S/C19H18NO/c1-3-12-20(13-4-2)17-9-7-11-19-16(17)14-15-8-5-6-10-18(15)21-19/h3-11,14H,1-2,12-13H2/q+1. The third-order valence-electron chi connectivity index (χ3n) is 3.52. The molecular weight excluding hydrogens is 258 g/mol. The Balaban J connectivity index is 2.38. The summed E-state index contributed by atoms with van der Waals surface area (Å²) in [6, 6.07) is 16.4. The van der Waals surface area contributed by atoms with Gasteiger partial charge in [-0.3, -0.25) is 0 Å². The van der Waals surface area contributed by atoms with Gasteiger partial charge in [-0.15, -0.1) is 0 Å². The fourth-order valence-corrected chi connectivity index (χ4v) is 2.59. The fourth-order valence-electron chi connectivity index (χ4n) is 2.59. The Morgan fingerprint density at radius 2 is 1.71 bits per heavy atom. The molecule has 2 aliphatic rings. The van der Waals surface area contributed by atoms with Crippen LogP contribution in [0.5, 0.6) is 0 Å². The van der Waals surface area contributed by atoms with E-state index in [2.05, 4.69) is 35.9 Å². The highest BCUT2D eigenvalue weighted by atomic mass is 16.3. The lowest BCUT2D eigenvalue weighted by Gasteiger charge is -2.07. The molecular formula is C19H18NO+. The van der Waals surface area contributed by atoms with Crippen LogP contribution in [0, 0.1) is 0 Å². The highest BCUT2D eigenvalue weighted by Gasteiger charge is 2.14. The molecule has 0 N–H and O–H groups in total. The molecule has 21 heavy (non-hydrogen) atoms. The van der Waals surface area contributed by atoms with Crippen molar-refractivity contribution in [2.45, 2.75) is 0 Å². The van der Waals surface area contributed by atoms with Crippen LogP contribution in [-0.4, -0.2) is 13.1 Å². The molecule has 1 heterocycles. The maximum Gasteiger partial charge on any atom is 0.211 e. The predicted octanol–water partition coefficient (Wildman–Crippen LogP) is 3.68. The van der Waals surface area contributed by atoms with Crippen molar-refractivity contribution in [3.8, 4) is 11.3 Å². The molecule has 0 saturated carbocycles. The van der Waals surface area contributed by atoms with Crippen molar-refractivity contribution in [1.82, 2.24) is 4.58 Å². The zero-order valence-electron chi connectivity index (χ0n) is 12.0. The van der Waals surface area contributed by atoms with Crippen molar-refractivity contribution in [3.05, 3.63) is 79.2 Å². The number of nitrogens with zero attached hydrogens (tertiary/aromatic N) is 1. The zero-order valence-corrected chi connectivity index (χ0v) is 12.0. The summed E-state index contributed by atoms with van der Waals surface area (Å²) in [5.74, 6) is 0.893. The lowest BCUT2D eigenvalue weighted by molar-refractivity contribution is 0.613. The van der Waals surface area contributed by atoms with Crippen molar-refractivity contribution in [3.63, 3.8) is 0 Å². The number of fused-ring (bicyclic) bond motifs is 2. The Morgan fingerprint density at radius 3 is 2.48 bits per heavy atom. The van der Waals surface area contributed by atoms with Crippen molar-refractivity contribution in [2.75, 3.05) is 13.1 Å². The first-order chi connectivity index (χ1) is 10.3. The van der Waals surface area contributed by atoms with Crippen molar-refractivity contribution < 1.29 is 4.42 Å². The van der Waals surface area contributed by atoms with Gasteiger partial charge in [0.25, 0.3) is 0 Å². The monoisotopic (exact) mass is 276 g/mol. The van der Waals surface area contributed by atoms with Crippen molar-refractivity contribution in [2.24, 2.45) is 0 Å². The summed E-state index contributed by atoms with van der Waals surface area (Å²) < 4.78 is 8.24. The summed E-state index contributed by atoms with van der Waals surface area (Å²) in [4.78, 5) is 0. The van der Waals surface area contributed by atoms with Crippen LogP contribution in [-0.2, 0) is 0 Å². The fraction of sp³-hybridized carbons (Fsp3) is 0.105. The Hall–Kier alpha value is -2.61. The Morgan fingerprint density at radius 1 is 0.952 bits per heavy atom. The molecule has 0 saturated heterocycles. The molecule has 2 nitrogen and oxygen atoms in total. The van der Waals surface area contributed by atoms with Crippen LogP contribution in [0.1, 0.15) is 0 Å². The van der Waals surface area contributed by atoms with Gasteiger partial charge in [0.15, 0.2) is 13.1 Å². The lowest BCUT2D eigenvalue weighted by Crippen LogP contribution is -2.31. The highest BCUT2D eigenvalue weighted by molar-refractivity contribution is 5.82. The van der Waals surface area contributed by atoms with Gasteiger partial charge >= 0.3 is 0 Å². The van der Waals surface area contributed by atoms with Crippen molar-refractivity contribution in [1.29, 1.82) is 0 Å². The summed E-state index contributed by atoms with van der Waals surface area (Å²) in [6.45, 7) is 9.23. The molecule has 1 aromatic rings. The SMILES string of the molecule is C=CC[N+](CC=C)=c1cccc2oc3ccccc3cc1-2. The molecule has 1 aliphatic carbocycles. The quantitative estimate of drug-likeness (QED) is 0.403. The van der Waals surface area contributed by atoms with Crippen molar-refractivity contribution >= 4 is 11.0 Å². The Labute approximate surface area is 124 Å². The van der Waals surface area contributed by atoms with Gasteiger partial charge in [-0.25, -0.2) is 4.58 Å². The maximum absolute atomic E-state index is 6.01. The van der Waals surface area contributed by atoms with Gasteiger partial charge in [-0.1, -0.05) is 37.4 Å². The van der Waals surface area contributed by atoms with Crippen LogP contribution in [0.15, 0.2) is 78.3 Å². The number of rotatable bonds is 4. The second-order valence-electron chi connectivity index (χ2n) is 4.96. The predicted molar refractivity (Wildman–Crippen MR) is 88.2 cm³/mol. The van der Waals surface area contributed by atoms with Crippen LogP contribution in [0.4, 0.5) is 0 Å². The molecule has 0 spiro atoms. The first-order valence-electron chi connectivity index (χ1n) is 7.05. The minimum atomic E-state index is 0.776. The van der Waals surface area contributed by atoms with Gasteiger partial charge < -0.3 is 4.42 Å². The van der Waals surface area contributed by atoms with E-state index in [1.54, 1.807) is 0 Å². The lowest BCUT2D eigenvalue weighted by atomic mass is 10.1. The topological polar surface area (TPSA) is 16.1 Å². The molecule has 104 valence electrons. The molecule has 0 bridgehead atoms. The molecule has 0 fully saturated rings. The van der Waals surface area contributed by atoms with E-state index in [-0.39, 0.29) is 0 Å². The van der Waals surface area contributed by atoms with E-state index < -0.39 is 0 Å². The largest absolute Gasteiger partial charge is 0.456 e. The minimum Gasteiger partial charge on any atom is -0.456 e. The van der Waals surface area contributed by atoms with E-state index >= 15 is 0 Å². The van der Waals surface area contributed by atoms with E-state index in [9.17, 15) is 0 Å². The second kappa shape index (κ2) is 5.80. The van der Waals surface area contributed by atoms with E-state index in [0.717, 1.165) is 40.7 Å². The number of hydrogen-bond acceptors (Lipinski definition) is 1. The molecule has 0 amide bonds. The van der Waals surface area contributed by atoms with Crippen LogP contribution >= 0.6 is 0 Å². The van der Waals surface area contributed by atoms with Gasteiger partial charge in [0.1, 0.15) is 11.3 Å². The third-order valence-corrected chi connectivity index (χ3v) is 3.52. The van der Waals surface area contributed by atoms with Gasteiger partial charge in [0.2, 0.25) is 5.36 Å². The number of benzene rings is 2. The average molecular weight is 276 g/mol. The van der Waals surface area contributed by atoms with E-state index in [0.29, 0.717) is 0 Å². The summed E-state index contributed by atoms with van der Waals surface area (Å²) in [7, 11) is 0. The molecule has 1 aromatic carbocycles. The van der Waals surface area contributed by atoms with Gasteiger partial charge in [0, 0.05) is 11.5 Å². The maximum atomic E-state index is 6.01. The second-order valence-corrected chi connectivity index (χ2v) is 4.96. The first kappa shape index (κ1) is 13.4. The third kappa shape index (κ3) is 2.52. The first-order valence-corrected chi connectivity index (χ1v) is 7.05. The van der Waals surface area contributed by atoms with Gasteiger partial charge in [-0.05, 0) is 30.4 Å². The Kier molecular flexibility index (Phi) is 3.69. The number of para-hydroxylation sites is 1. The summed E-state index contributed by atoms with van der Waals surface area (Å²) >= 11 is 0. The summed E-state index contributed by atoms with van der Waals surface area (Å²) in [5.41, 5.74) is 2.01. The normalized spacial score (nSPS) is 10.7. The van der Waals surface area contributed by atoms with Crippen LogP contribution in [0.3, 0.4) is 0 Å². The van der Waals surface area contributed by atoms with Crippen LogP contribution < -0.4 is 9.93 Å². The van der Waals surface area contributed by atoms with Crippen LogP contribution in [0.25, 0.3) is 22.3 Å². The van der Waals surface area contributed by atoms with Gasteiger partial charge in [-0.2, -0.15) is 0 Å². The summed E-state index contributed by atoms with van der Waals surface area (Å²) in [6.07, 6.45) is 3.81. The molecule has 0 unspecified atom stereocenters. The summed E-state index contributed by atoms with van der Waals surface area (Å²) in [5, 5.41) is 2.25. The zero-order chi connectivity index (χ0) is 14.7.